The van der Waals surface area contributed by atoms with Crippen molar-refractivity contribution in [3.8, 4) is 0 Å². The minimum atomic E-state index is 0. The molecule has 16 heavy (non-hydrogen) atoms. The van der Waals surface area contributed by atoms with Gasteiger partial charge in [-0.1, -0.05) is 0 Å². The van der Waals surface area contributed by atoms with Gasteiger partial charge in [0.2, 0.25) is 5.91 Å². The molecule has 4 heteroatoms. The van der Waals surface area contributed by atoms with Gasteiger partial charge in [-0.05, 0) is 56.9 Å². The number of amides is 1. The van der Waals surface area contributed by atoms with Gasteiger partial charge in [-0.2, -0.15) is 0 Å². The number of carbonyl (C=O) groups is 1. The number of hydrogen-bond acceptors (Lipinski definition) is 2. The lowest BCUT2D eigenvalue weighted by Crippen LogP contribution is -2.46. The highest BCUT2D eigenvalue weighted by atomic mass is 35.5. The molecule has 2 aliphatic carbocycles. The van der Waals surface area contributed by atoms with E-state index in [2.05, 4.69) is 10.6 Å². The number of nitrogens with one attached hydrogen (secondary N) is 2. The summed E-state index contributed by atoms with van der Waals surface area (Å²) in [6, 6.07) is 0.616. The molecule has 92 valence electrons. The molecule has 1 aliphatic heterocycles. The molecular formula is C12H21ClN2O. The van der Waals surface area contributed by atoms with Crippen LogP contribution in [-0.2, 0) is 4.79 Å². The minimum absolute atomic E-state index is 0. The van der Waals surface area contributed by atoms with Crippen molar-refractivity contribution in [3.05, 3.63) is 0 Å². The van der Waals surface area contributed by atoms with Crippen LogP contribution < -0.4 is 10.6 Å². The zero-order valence-electron chi connectivity index (χ0n) is 9.58. The molecule has 0 radical (unpaired) electrons. The van der Waals surface area contributed by atoms with Gasteiger partial charge in [-0.15, -0.1) is 12.4 Å². The fourth-order valence-corrected chi connectivity index (χ4v) is 2.70. The van der Waals surface area contributed by atoms with Gasteiger partial charge in [0.05, 0.1) is 6.04 Å². The predicted molar refractivity (Wildman–Crippen MR) is 65.7 cm³/mol. The summed E-state index contributed by atoms with van der Waals surface area (Å²) in [5, 5.41) is 6.55. The minimum Gasteiger partial charge on any atom is -0.351 e. The molecule has 0 aromatic rings. The van der Waals surface area contributed by atoms with E-state index in [1.165, 1.54) is 25.7 Å². The smallest absolute Gasteiger partial charge is 0.237 e. The molecule has 1 atom stereocenters. The van der Waals surface area contributed by atoms with Crippen LogP contribution in [-0.4, -0.2) is 24.5 Å². The van der Waals surface area contributed by atoms with E-state index in [4.69, 9.17) is 0 Å². The molecule has 0 bridgehead atoms. The van der Waals surface area contributed by atoms with Crippen LogP contribution in [0.1, 0.15) is 38.5 Å². The summed E-state index contributed by atoms with van der Waals surface area (Å²) in [7, 11) is 0. The molecule has 1 saturated heterocycles. The molecule has 1 heterocycles. The van der Waals surface area contributed by atoms with Gasteiger partial charge in [-0.3, -0.25) is 4.79 Å². The molecule has 3 nitrogen and oxygen atoms in total. The van der Waals surface area contributed by atoms with Crippen molar-refractivity contribution in [2.45, 2.75) is 50.6 Å². The SMILES string of the molecule is Cl.O=C(NC(C1CC1)C1CC1)C1CCCN1. The summed E-state index contributed by atoms with van der Waals surface area (Å²) in [6.07, 6.45) is 7.50. The highest BCUT2D eigenvalue weighted by molar-refractivity contribution is 5.85. The Morgan fingerprint density at radius 2 is 1.75 bits per heavy atom. The van der Waals surface area contributed by atoms with E-state index in [9.17, 15) is 4.79 Å². The van der Waals surface area contributed by atoms with Crippen molar-refractivity contribution in [3.63, 3.8) is 0 Å². The molecule has 2 saturated carbocycles. The lowest BCUT2D eigenvalue weighted by molar-refractivity contribution is -0.123. The van der Waals surface area contributed by atoms with E-state index in [0.717, 1.165) is 31.2 Å². The Morgan fingerprint density at radius 1 is 1.12 bits per heavy atom. The van der Waals surface area contributed by atoms with Crippen molar-refractivity contribution in [2.75, 3.05) is 6.54 Å². The fourth-order valence-electron chi connectivity index (χ4n) is 2.70. The monoisotopic (exact) mass is 244 g/mol. The van der Waals surface area contributed by atoms with Crippen molar-refractivity contribution in [1.29, 1.82) is 0 Å². The van der Waals surface area contributed by atoms with Gasteiger partial charge >= 0.3 is 0 Å². The fraction of sp³-hybridized carbons (Fsp3) is 0.917. The van der Waals surface area contributed by atoms with Crippen LogP contribution in [0.4, 0.5) is 0 Å². The molecule has 2 N–H and O–H groups in total. The maximum absolute atomic E-state index is 11.9. The average molecular weight is 245 g/mol. The summed E-state index contributed by atoms with van der Waals surface area (Å²) in [5.74, 6) is 1.88. The third-order valence-corrected chi connectivity index (χ3v) is 3.95. The standard InChI is InChI=1S/C12H20N2O.ClH/c15-12(10-2-1-7-13-10)14-11(8-3-4-8)9-5-6-9;/h8-11,13H,1-7H2,(H,14,15);1H. The van der Waals surface area contributed by atoms with Crippen molar-refractivity contribution in [2.24, 2.45) is 11.8 Å². The largest absolute Gasteiger partial charge is 0.351 e. The Hall–Kier alpha value is -0.280. The van der Waals surface area contributed by atoms with Crippen molar-refractivity contribution >= 4 is 18.3 Å². The van der Waals surface area contributed by atoms with Gasteiger partial charge in [0, 0.05) is 6.04 Å². The van der Waals surface area contributed by atoms with E-state index in [1.54, 1.807) is 0 Å². The predicted octanol–water partition coefficient (Wildman–Crippen LogP) is 1.46. The van der Waals surface area contributed by atoms with Crippen LogP contribution in [0.3, 0.4) is 0 Å². The van der Waals surface area contributed by atoms with Crippen LogP contribution in [0.5, 0.6) is 0 Å². The maximum atomic E-state index is 11.9. The summed E-state index contributed by atoms with van der Waals surface area (Å²) in [5.41, 5.74) is 0. The van der Waals surface area contributed by atoms with Gasteiger partial charge in [-0.25, -0.2) is 0 Å². The highest BCUT2D eigenvalue weighted by Gasteiger charge is 2.42. The van der Waals surface area contributed by atoms with E-state index in [1.807, 2.05) is 0 Å². The first kappa shape index (κ1) is 12.2. The second kappa shape index (κ2) is 4.92. The third kappa shape index (κ3) is 2.69. The number of carbonyl (C=O) groups excluding carboxylic acids is 1. The Labute approximate surface area is 103 Å². The first-order valence-corrected chi connectivity index (χ1v) is 6.38. The van der Waals surface area contributed by atoms with Crippen LogP contribution in [0.15, 0.2) is 0 Å². The zero-order valence-corrected chi connectivity index (χ0v) is 10.4. The Balaban J connectivity index is 0.000000963. The van der Waals surface area contributed by atoms with Gasteiger partial charge in [0.25, 0.3) is 0 Å². The van der Waals surface area contributed by atoms with E-state index in [-0.39, 0.29) is 24.4 Å². The lowest BCUT2D eigenvalue weighted by Gasteiger charge is -2.20. The quantitative estimate of drug-likeness (QED) is 0.786. The Bertz CT molecular complexity index is 246. The summed E-state index contributed by atoms with van der Waals surface area (Å²) in [4.78, 5) is 11.9. The molecule has 0 aromatic heterocycles. The molecular weight excluding hydrogens is 224 g/mol. The Kier molecular flexibility index (Phi) is 3.75. The molecule has 0 aromatic carbocycles. The molecule has 3 aliphatic rings. The van der Waals surface area contributed by atoms with Gasteiger partial charge in [0.15, 0.2) is 0 Å². The second-order valence-corrected chi connectivity index (χ2v) is 5.36. The van der Waals surface area contributed by atoms with Crippen LogP contribution in [0, 0.1) is 11.8 Å². The Morgan fingerprint density at radius 3 is 2.19 bits per heavy atom. The van der Waals surface area contributed by atoms with Crippen molar-refractivity contribution < 1.29 is 4.79 Å². The highest BCUT2D eigenvalue weighted by Crippen LogP contribution is 2.44. The number of hydrogen-bond donors (Lipinski definition) is 2. The lowest BCUT2D eigenvalue weighted by atomic mass is 10.1. The molecule has 3 rings (SSSR count). The first-order chi connectivity index (χ1) is 7.34. The maximum Gasteiger partial charge on any atom is 0.237 e. The van der Waals surface area contributed by atoms with E-state index >= 15 is 0 Å². The van der Waals surface area contributed by atoms with E-state index < -0.39 is 0 Å². The molecule has 1 amide bonds. The zero-order chi connectivity index (χ0) is 10.3. The second-order valence-electron chi connectivity index (χ2n) is 5.36. The first-order valence-electron chi connectivity index (χ1n) is 6.38. The number of rotatable bonds is 4. The van der Waals surface area contributed by atoms with Crippen molar-refractivity contribution in [1.82, 2.24) is 10.6 Å². The summed E-state index contributed by atoms with van der Waals surface area (Å²) in [6.45, 7) is 1.01. The van der Waals surface area contributed by atoms with Gasteiger partial charge in [0.1, 0.15) is 0 Å². The molecule has 3 fully saturated rings. The third-order valence-electron chi connectivity index (χ3n) is 3.95. The topological polar surface area (TPSA) is 41.1 Å². The average Bonchev–Trinajstić information content (AvgIpc) is 3.15. The van der Waals surface area contributed by atoms with Crippen LogP contribution in [0.2, 0.25) is 0 Å². The van der Waals surface area contributed by atoms with E-state index in [0.29, 0.717) is 6.04 Å². The van der Waals surface area contributed by atoms with Gasteiger partial charge < -0.3 is 10.6 Å². The summed E-state index contributed by atoms with van der Waals surface area (Å²) >= 11 is 0. The summed E-state index contributed by atoms with van der Waals surface area (Å²) < 4.78 is 0. The molecule has 1 unspecified atom stereocenters. The van der Waals surface area contributed by atoms with Crippen LogP contribution in [0.25, 0.3) is 0 Å². The molecule has 0 spiro atoms. The normalized spacial score (nSPS) is 28.9. The van der Waals surface area contributed by atoms with Crippen LogP contribution >= 0.6 is 12.4 Å². The number of halogens is 1.